The van der Waals surface area contributed by atoms with Crippen molar-refractivity contribution in [3.63, 3.8) is 0 Å². The first kappa shape index (κ1) is 19.0. The minimum absolute atomic E-state index is 0.149. The van der Waals surface area contributed by atoms with Gasteiger partial charge in [-0.05, 0) is 36.2 Å². The van der Waals surface area contributed by atoms with Gasteiger partial charge in [0.1, 0.15) is 11.5 Å². The maximum atomic E-state index is 12.3. The van der Waals surface area contributed by atoms with Crippen molar-refractivity contribution in [2.24, 2.45) is 0 Å². The van der Waals surface area contributed by atoms with Gasteiger partial charge in [-0.25, -0.2) is 9.97 Å². The third kappa shape index (κ3) is 5.63. The number of hydrogen-bond donors (Lipinski definition) is 3. The summed E-state index contributed by atoms with van der Waals surface area (Å²) in [6, 6.07) is 17.0. The molecule has 0 aliphatic heterocycles. The fraction of sp³-hybridized carbons (Fsp3) is 0.143. The molecular weight excluding hydrogens is 354 g/mol. The molecular formula is C21H21N5O2. The van der Waals surface area contributed by atoms with Gasteiger partial charge >= 0.3 is 0 Å². The van der Waals surface area contributed by atoms with Gasteiger partial charge in [0, 0.05) is 24.8 Å². The Hall–Kier alpha value is -3.74. The minimum atomic E-state index is -0.351. The molecule has 7 heteroatoms. The lowest BCUT2D eigenvalue weighted by Crippen LogP contribution is -2.15. The lowest BCUT2D eigenvalue weighted by Gasteiger charge is -2.08. The van der Waals surface area contributed by atoms with Crippen LogP contribution in [0.3, 0.4) is 0 Å². The highest BCUT2D eigenvalue weighted by Gasteiger charge is 2.09. The lowest BCUT2D eigenvalue weighted by atomic mass is 10.1. The number of amides is 2. The molecule has 0 radical (unpaired) electrons. The standard InChI is InChI=1S/C21H21N5O2/c1-15(27)25-17-7-9-18(10-8-17)26-21(28)19-13-24-20(14-23-19)22-12-11-16-5-3-2-4-6-16/h2-10,13-14H,11-12H2,1H3,(H,22,24)(H,25,27)(H,26,28). The summed E-state index contributed by atoms with van der Waals surface area (Å²) in [5.41, 5.74) is 2.73. The number of rotatable bonds is 7. The van der Waals surface area contributed by atoms with Gasteiger partial charge in [-0.15, -0.1) is 0 Å². The molecule has 0 atom stereocenters. The van der Waals surface area contributed by atoms with E-state index in [9.17, 15) is 9.59 Å². The van der Waals surface area contributed by atoms with Crippen molar-refractivity contribution in [3.05, 3.63) is 78.2 Å². The van der Waals surface area contributed by atoms with Gasteiger partial charge in [0.2, 0.25) is 5.91 Å². The third-order valence-corrected chi connectivity index (χ3v) is 3.91. The maximum absolute atomic E-state index is 12.3. The molecule has 0 fully saturated rings. The van der Waals surface area contributed by atoms with Crippen LogP contribution in [0.5, 0.6) is 0 Å². The Kier molecular flexibility index (Phi) is 6.30. The Bertz CT molecular complexity index is 925. The molecule has 28 heavy (non-hydrogen) atoms. The SMILES string of the molecule is CC(=O)Nc1ccc(NC(=O)c2cnc(NCCc3ccccc3)cn2)cc1. The highest BCUT2D eigenvalue weighted by atomic mass is 16.2. The van der Waals surface area contributed by atoms with Crippen LogP contribution in [0.2, 0.25) is 0 Å². The summed E-state index contributed by atoms with van der Waals surface area (Å²) < 4.78 is 0. The van der Waals surface area contributed by atoms with Crippen LogP contribution in [0.15, 0.2) is 67.0 Å². The highest BCUT2D eigenvalue weighted by molar-refractivity contribution is 6.02. The van der Waals surface area contributed by atoms with Crippen molar-refractivity contribution in [2.75, 3.05) is 22.5 Å². The topological polar surface area (TPSA) is 96.0 Å². The van der Waals surface area contributed by atoms with Crippen LogP contribution in [0.25, 0.3) is 0 Å². The molecule has 0 spiro atoms. The van der Waals surface area contributed by atoms with Gasteiger partial charge in [-0.1, -0.05) is 30.3 Å². The number of aromatic nitrogens is 2. The number of carbonyl (C=O) groups excluding carboxylic acids is 2. The number of carbonyl (C=O) groups is 2. The average molecular weight is 375 g/mol. The quantitative estimate of drug-likeness (QED) is 0.589. The van der Waals surface area contributed by atoms with Crippen molar-refractivity contribution >= 4 is 29.0 Å². The van der Waals surface area contributed by atoms with Crippen LogP contribution in [-0.4, -0.2) is 28.3 Å². The van der Waals surface area contributed by atoms with Gasteiger partial charge in [0.15, 0.2) is 0 Å². The van der Waals surface area contributed by atoms with Crippen LogP contribution in [0, 0.1) is 0 Å². The molecule has 0 saturated carbocycles. The van der Waals surface area contributed by atoms with Crippen molar-refractivity contribution < 1.29 is 9.59 Å². The third-order valence-electron chi connectivity index (χ3n) is 3.91. The predicted octanol–water partition coefficient (Wildman–Crippen LogP) is 3.34. The van der Waals surface area contributed by atoms with Crippen molar-refractivity contribution in [2.45, 2.75) is 13.3 Å². The van der Waals surface area contributed by atoms with E-state index in [1.54, 1.807) is 30.5 Å². The van der Waals surface area contributed by atoms with E-state index in [2.05, 4.69) is 38.1 Å². The van der Waals surface area contributed by atoms with Crippen molar-refractivity contribution in [1.29, 1.82) is 0 Å². The Morgan fingerprint density at radius 3 is 2.14 bits per heavy atom. The van der Waals surface area contributed by atoms with E-state index in [0.717, 1.165) is 13.0 Å². The molecule has 0 bridgehead atoms. The summed E-state index contributed by atoms with van der Waals surface area (Å²) in [4.78, 5) is 31.7. The lowest BCUT2D eigenvalue weighted by molar-refractivity contribution is -0.114. The van der Waals surface area contributed by atoms with E-state index >= 15 is 0 Å². The van der Waals surface area contributed by atoms with Crippen LogP contribution in [-0.2, 0) is 11.2 Å². The van der Waals surface area contributed by atoms with Gasteiger partial charge in [-0.2, -0.15) is 0 Å². The molecule has 0 saturated heterocycles. The summed E-state index contributed by atoms with van der Waals surface area (Å²) >= 11 is 0. The van der Waals surface area contributed by atoms with Crippen molar-refractivity contribution in [1.82, 2.24) is 9.97 Å². The predicted molar refractivity (Wildman–Crippen MR) is 109 cm³/mol. The van der Waals surface area contributed by atoms with E-state index in [-0.39, 0.29) is 17.5 Å². The van der Waals surface area contributed by atoms with Gasteiger partial charge < -0.3 is 16.0 Å². The number of benzene rings is 2. The second-order valence-electron chi connectivity index (χ2n) is 6.16. The number of nitrogens with zero attached hydrogens (tertiary/aromatic N) is 2. The molecule has 2 aromatic carbocycles. The molecule has 3 N–H and O–H groups in total. The summed E-state index contributed by atoms with van der Waals surface area (Å²) in [5, 5.41) is 8.61. The van der Waals surface area contributed by atoms with Crippen LogP contribution in [0.1, 0.15) is 23.0 Å². The molecule has 1 heterocycles. The monoisotopic (exact) mass is 375 g/mol. The van der Waals surface area contributed by atoms with Crippen LogP contribution < -0.4 is 16.0 Å². The molecule has 3 aromatic rings. The second kappa shape index (κ2) is 9.27. The largest absolute Gasteiger partial charge is 0.368 e. The molecule has 0 unspecified atom stereocenters. The Morgan fingerprint density at radius 2 is 1.54 bits per heavy atom. The number of nitrogens with one attached hydrogen (secondary N) is 3. The summed E-state index contributed by atoms with van der Waals surface area (Å²) in [6.07, 6.45) is 3.85. The maximum Gasteiger partial charge on any atom is 0.275 e. The van der Waals surface area contributed by atoms with Gasteiger partial charge in [-0.3, -0.25) is 9.59 Å². The van der Waals surface area contributed by atoms with Crippen molar-refractivity contribution in [3.8, 4) is 0 Å². The Labute approximate surface area is 163 Å². The first-order chi connectivity index (χ1) is 13.6. The first-order valence-corrected chi connectivity index (χ1v) is 8.89. The molecule has 7 nitrogen and oxygen atoms in total. The van der Waals surface area contributed by atoms with Gasteiger partial charge in [0.25, 0.3) is 5.91 Å². The fourth-order valence-corrected chi connectivity index (χ4v) is 2.55. The Balaban J connectivity index is 1.51. The normalized spacial score (nSPS) is 10.2. The zero-order valence-electron chi connectivity index (χ0n) is 15.5. The average Bonchev–Trinajstić information content (AvgIpc) is 2.70. The molecule has 142 valence electrons. The minimum Gasteiger partial charge on any atom is -0.368 e. The molecule has 3 rings (SSSR count). The van der Waals surface area contributed by atoms with E-state index in [1.807, 2.05) is 18.2 Å². The Morgan fingerprint density at radius 1 is 0.857 bits per heavy atom. The van der Waals surface area contributed by atoms with Crippen LogP contribution >= 0.6 is 0 Å². The zero-order valence-corrected chi connectivity index (χ0v) is 15.5. The molecule has 2 amide bonds. The number of hydrogen-bond acceptors (Lipinski definition) is 5. The molecule has 1 aromatic heterocycles. The van der Waals surface area contributed by atoms with Crippen LogP contribution in [0.4, 0.5) is 17.2 Å². The van der Waals surface area contributed by atoms with E-state index < -0.39 is 0 Å². The van der Waals surface area contributed by atoms with Gasteiger partial charge in [0.05, 0.1) is 12.4 Å². The van der Waals surface area contributed by atoms with E-state index in [1.165, 1.54) is 18.7 Å². The molecule has 0 aliphatic rings. The number of anilines is 3. The smallest absolute Gasteiger partial charge is 0.275 e. The fourth-order valence-electron chi connectivity index (χ4n) is 2.55. The van der Waals surface area contributed by atoms with E-state index in [4.69, 9.17) is 0 Å². The summed E-state index contributed by atoms with van der Waals surface area (Å²) in [5.74, 6) is 0.118. The summed E-state index contributed by atoms with van der Waals surface area (Å²) in [6.45, 7) is 2.17. The second-order valence-corrected chi connectivity index (χ2v) is 6.16. The molecule has 0 aliphatic carbocycles. The first-order valence-electron chi connectivity index (χ1n) is 8.89. The van der Waals surface area contributed by atoms with E-state index in [0.29, 0.717) is 17.2 Å². The highest BCUT2D eigenvalue weighted by Crippen LogP contribution is 2.14. The summed E-state index contributed by atoms with van der Waals surface area (Å²) in [7, 11) is 0. The zero-order chi connectivity index (χ0) is 19.8.